The highest BCUT2D eigenvalue weighted by Crippen LogP contribution is 2.24. The minimum atomic E-state index is -3.30. The number of benzene rings is 2. The first kappa shape index (κ1) is 31.4. The number of hydrogen-bond donors (Lipinski definition) is 2. The molecule has 0 bridgehead atoms. The molecule has 0 aromatic heterocycles. The van der Waals surface area contributed by atoms with Crippen molar-refractivity contribution >= 4 is 38.5 Å². The van der Waals surface area contributed by atoms with Crippen molar-refractivity contribution < 1.29 is 21.9 Å². The molecule has 2 aliphatic rings. The first-order valence-corrected chi connectivity index (χ1v) is 17.3. The van der Waals surface area contributed by atoms with Crippen molar-refractivity contribution in [2.45, 2.75) is 32.5 Å². The van der Waals surface area contributed by atoms with Gasteiger partial charge in [-0.25, -0.2) is 16.8 Å². The van der Waals surface area contributed by atoms with Crippen LogP contribution in [-0.2, 0) is 20.0 Å². The van der Waals surface area contributed by atoms with Gasteiger partial charge in [-0.3, -0.25) is 8.61 Å². The normalized spacial score (nSPS) is 20.4. The Morgan fingerprint density at radius 2 is 1.33 bits per heavy atom. The Morgan fingerprint density at radius 3 is 1.77 bits per heavy atom. The molecule has 2 aromatic carbocycles. The van der Waals surface area contributed by atoms with Crippen molar-refractivity contribution in [1.29, 1.82) is 0 Å². The van der Waals surface area contributed by atoms with E-state index in [-0.39, 0.29) is 5.92 Å². The van der Waals surface area contributed by atoms with Crippen LogP contribution in [0.15, 0.2) is 60.7 Å². The van der Waals surface area contributed by atoms with Gasteiger partial charge < -0.3 is 15.2 Å². The zero-order valence-electron chi connectivity index (χ0n) is 23.3. The minimum Gasteiger partial charge on any atom is -0.437 e. The third-order valence-electron chi connectivity index (χ3n) is 7.21. The summed E-state index contributed by atoms with van der Waals surface area (Å²) in [4.78, 5) is 2.00. The van der Waals surface area contributed by atoms with Crippen LogP contribution >= 0.6 is 0 Å². The molecule has 0 radical (unpaired) electrons. The lowest BCUT2D eigenvalue weighted by atomic mass is 9.80. The number of hydrogen-bond acceptors (Lipinski definition) is 7. The second-order valence-corrected chi connectivity index (χ2v) is 14.4. The van der Waals surface area contributed by atoms with Crippen LogP contribution in [0.5, 0.6) is 0 Å². The van der Waals surface area contributed by atoms with Gasteiger partial charge in [0.2, 0.25) is 20.0 Å². The maximum atomic E-state index is 12.1. The van der Waals surface area contributed by atoms with E-state index in [1.807, 2.05) is 65.5 Å². The van der Waals surface area contributed by atoms with Gasteiger partial charge in [0.1, 0.15) is 0 Å². The van der Waals surface area contributed by atoms with Crippen LogP contribution < -0.4 is 13.9 Å². The second-order valence-electron chi connectivity index (χ2n) is 10.6. The van der Waals surface area contributed by atoms with E-state index in [2.05, 4.69) is 5.32 Å². The summed E-state index contributed by atoms with van der Waals surface area (Å²) in [6.45, 7) is 6.34. The van der Waals surface area contributed by atoms with Gasteiger partial charge in [0.25, 0.3) is 0 Å². The first-order valence-electron chi connectivity index (χ1n) is 13.6. The SMILES string of the molecule is CB(O)N1CCCC(CN(c2ccccc2)S(C)(=O)=O)C1.CS(=O)(=O)N(CC1CCCNC1)c1ccccc1. The standard InChI is InChI=1S/C14H23BN2O3S.C13H20N2O2S/c1-15(18)16-10-6-7-13(11-16)12-17(21(2,19)20)14-8-4-3-5-9-14;1-18(16,17)15(13-7-3-2-4-8-13)11-12-6-5-9-14-10-12/h3-5,8-9,13,18H,6-7,10-12H2,1-2H3;2-4,7-8,12,14H,5-6,9-11H2,1H3. The van der Waals surface area contributed by atoms with Crippen LogP contribution in [0, 0.1) is 11.8 Å². The van der Waals surface area contributed by atoms with Crippen molar-refractivity contribution in [1.82, 2.24) is 10.1 Å². The van der Waals surface area contributed by atoms with E-state index >= 15 is 0 Å². The Balaban J connectivity index is 0.000000218. The Morgan fingerprint density at radius 1 is 0.846 bits per heavy atom. The predicted molar refractivity (Wildman–Crippen MR) is 161 cm³/mol. The molecule has 0 aliphatic carbocycles. The van der Waals surface area contributed by atoms with Gasteiger partial charge in [0, 0.05) is 13.1 Å². The monoisotopic (exact) mass is 578 g/mol. The summed E-state index contributed by atoms with van der Waals surface area (Å²) in [5, 5.41) is 13.0. The lowest BCUT2D eigenvalue weighted by Gasteiger charge is -2.36. The van der Waals surface area contributed by atoms with Gasteiger partial charge in [-0.15, -0.1) is 0 Å². The van der Waals surface area contributed by atoms with Crippen LogP contribution in [0.1, 0.15) is 25.7 Å². The Kier molecular flexibility index (Phi) is 11.7. The molecule has 216 valence electrons. The van der Waals surface area contributed by atoms with Crippen molar-refractivity contribution in [3.05, 3.63) is 60.7 Å². The molecule has 2 heterocycles. The molecule has 0 spiro atoms. The fourth-order valence-electron chi connectivity index (χ4n) is 5.19. The Bertz CT molecular complexity index is 1210. The van der Waals surface area contributed by atoms with Crippen LogP contribution in [0.25, 0.3) is 0 Å². The van der Waals surface area contributed by atoms with E-state index in [0.29, 0.717) is 24.7 Å². The molecule has 2 fully saturated rings. The van der Waals surface area contributed by atoms with E-state index in [1.165, 1.54) is 21.1 Å². The lowest BCUT2D eigenvalue weighted by Crippen LogP contribution is -2.47. The summed E-state index contributed by atoms with van der Waals surface area (Å²) in [6, 6.07) is 18.5. The maximum Gasteiger partial charge on any atom is 0.376 e. The number of para-hydroxylation sites is 2. The maximum absolute atomic E-state index is 12.1. The average Bonchev–Trinajstić information content (AvgIpc) is 2.91. The summed E-state index contributed by atoms with van der Waals surface area (Å²) in [7, 11) is -6.99. The van der Waals surface area contributed by atoms with E-state index in [4.69, 9.17) is 0 Å². The van der Waals surface area contributed by atoms with Crippen molar-refractivity contribution in [2.24, 2.45) is 11.8 Å². The highest BCUT2D eigenvalue weighted by Gasteiger charge is 2.29. The number of anilines is 2. The molecular weight excluding hydrogens is 535 g/mol. The van der Waals surface area contributed by atoms with Crippen LogP contribution in [-0.4, -0.2) is 85.5 Å². The van der Waals surface area contributed by atoms with Gasteiger partial charge in [-0.2, -0.15) is 0 Å². The number of sulfonamides is 2. The summed E-state index contributed by atoms with van der Waals surface area (Å²) in [6.07, 6.45) is 6.71. The predicted octanol–water partition coefficient (Wildman–Crippen LogP) is 2.73. The molecule has 12 heteroatoms. The van der Waals surface area contributed by atoms with Crippen LogP contribution in [0.2, 0.25) is 6.82 Å². The highest BCUT2D eigenvalue weighted by atomic mass is 32.2. The van der Waals surface area contributed by atoms with Gasteiger partial charge >= 0.3 is 7.05 Å². The highest BCUT2D eigenvalue weighted by molar-refractivity contribution is 7.92. The fourth-order valence-corrected chi connectivity index (χ4v) is 7.16. The van der Waals surface area contributed by atoms with Crippen LogP contribution in [0.4, 0.5) is 11.4 Å². The molecule has 2 unspecified atom stereocenters. The Hall–Kier alpha value is -2.12. The third kappa shape index (κ3) is 10.1. The molecule has 0 saturated carbocycles. The van der Waals surface area contributed by atoms with E-state index in [0.717, 1.165) is 57.5 Å². The molecule has 0 amide bonds. The number of rotatable bonds is 9. The summed E-state index contributed by atoms with van der Waals surface area (Å²) in [5.41, 5.74) is 1.46. The largest absolute Gasteiger partial charge is 0.437 e. The molecule has 4 rings (SSSR count). The van der Waals surface area contributed by atoms with Gasteiger partial charge in [0.05, 0.1) is 23.9 Å². The lowest BCUT2D eigenvalue weighted by molar-refractivity contribution is 0.247. The van der Waals surface area contributed by atoms with Crippen molar-refractivity contribution in [2.75, 3.05) is 60.4 Å². The third-order valence-corrected chi connectivity index (χ3v) is 9.54. The average molecular weight is 579 g/mol. The molecule has 9 nitrogen and oxygen atoms in total. The Labute approximate surface area is 235 Å². The van der Waals surface area contributed by atoms with Gasteiger partial charge in [-0.05, 0) is 94.8 Å². The van der Waals surface area contributed by atoms with Crippen molar-refractivity contribution in [3.63, 3.8) is 0 Å². The van der Waals surface area contributed by atoms with E-state index in [1.54, 1.807) is 6.82 Å². The fraction of sp³-hybridized carbons (Fsp3) is 0.556. The topological polar surface area (TPSA) is 110 Å². The van der Waals surface area contributed by atoms with E-state index in [9.17, 15) is 21.9 Å². The molecular formula is C27H43BN4O5S2. The zero-order chi connectivity index (χ0) is 28.5. The molecule has 2 saturated heterocycles. The molecule has 2 aromatic rings. The first-order chi connectivity index (χ1) is 18.4. The molecule has 39 heavy (non-hydrogen) atoms. The zero-order valence-corrected chi connectivity index (χ0v) is 24.9. The molecule has 2 aliphatic heterocycles. The second kappa shape index (κ2) is 14.5. The molecule has 2 atom stereocenters. The summed E-state index contributed by atoms with van der Waals surface area (Å²) >= 11 is 0. The number of nitrogens with one attached hydrogen (secondary N) is 1. The van der Waals surface area contributed by atoms with Crippen molar-refractivity contribution in [3.8, 4) is 0 Å². The summed E-state index contributed by atoms with van der Waals surface area (Å²) < 4.78 is 51.0. The number of piperidine rings is 2. The summed E-state index contributed by atoms with van der Waals surface area (Å²) in [5.74, 6) is 0.636. The van der Waals surface area contributed by atoms with Crippen LogP contribution in [0.3, 0.4) is 0 Å². The smallest absolute Gasteiger partial charge is 0.376 e. The minimum absolute atomic E-state index is 0.239. The molecule has 2 N–H and O–H groups in total. The van der Waals surface area contributed by atoms with E-state index < -0.39 is 27.1 Å². The van der Waals surface area contributed by atoms with Gasteiger partial charge in [-0.1, -0.05) is 36.4 Å². The quantitative estimate of drug-likeness (QED) is 0.441. The number of nitrogens with zero attached hydrogens (tertiary/aromatic N) is 3. The van der Waals surface area contributed by atoms with Gasteiger partial charge in [0.15, 0.2) is 0 Å².